The van der Waals surface area contributed by atoms with Crippen LogP contribution in [0.4, 0.5) is 0 Å². The van der Waals surface area contributed by atoms with Crippen LogP contribution in [0.2, 0.25) is 0 Å². The predicted molar refractivity (Wildman–Crippen MR) is 47.0 cm³/mol. The quantitative estimate of drug-likeness (QED) is 0.708. The molecule has 0 spiro atoms. The van der Waals surface area contributed by atoms with Gasteiger partial charge in [0, 0.05) is 13.2 Å². The number of aromatic nitrogens is 1. The minimum absolute atomic E-state index is 0.118. The number of carbonyl (C=O) groups excluding carboxylic acids is 1. The zero-order valence-electron chi connectivity index (χ0n) is 7.29. The van der Waals surface area contributed by atoms with Crippen molar-refractivity contribution in [1.82, 2.24) is 10.3 Å². The third-order valence-corrected chi connectivity index (χ3v) is 1.71. The molecular weight excluding hydrogens is 152 g/mol. The van der Waals surface area contributed by atoms with Crippen molar-refractivity contribution >= 4 is 5.91 Å². The van der Waals surface area contributed by atoms with Crippen LogP contribution in [0, 0.1) is 0 Å². The maximum Gasteiger partial charge on any atom is 0.269 e. The summed E-state index contributed by atoms with van der Waals surface area (Å²) < 4.78 is 0. The summed E-state index contributed by atoms with van der Waals surface area (Å²) in [6.07, 6.45) is 2.46. The van der Waals surface area contributed by atoms with Gasteiger partial charge in [0.1, 0.15) is 5.69 Å². The molecule has 1 rings (SSSR count). The molecule has 0 atom stereocenters. The van der Waals surface area contributed by atoms with Gasteiger partial charge in [-0.15, -0.1) is 0 Å². The van der Waals surface area contributed by atoms with Crippen LogP contribution in [0.5, 0.6) is 0 Å². The maximum absolute atomic E-state index is 11.2. The molecule has 1 N–H and O–H groups in total. The largest absolute Gasteiger partial charge is 0.354 e. The molecule has 12 heavy (non-hydrogen) atoms. The molecule has 1 aromatic rings. The van der Waals surface area contributed by atoms with E-state index in [4.69, 9.17) is 0 Å². The van der Waals surface area contributed by atoms with Crippen LogP contribution in [0.3, 0.4) is 0 Å². The van der Waals surface area contributed by atoms with Gasteiger partial charge in [0.25, 0.3) is 5.91 Å². The number of amides is 1. The molecule has 0 aliphatic rings. The second-order valence-corrected chi connectivity index (χ2v) is 2.44. The van der Waals surface area contributed by atoms with Crippen LogP contribution in [0.25, 0.3) is 0 Å². The molecular formula is C9H12N2O. The summed E-state index contributed by atoms with van der Waals surface area (Å²) in [5.41, 5.74) is 1.51. The highest BCUT2D eigenvalue weighted by atomic mass is 16.1. The first kappa shape index (κ1) is 8.71. The summed E-state index contributed by atoms with van der Waals surface area (Å²) in [4.78, 5) is 15.2. The fourth-order valence-electron chi connectivity index (χ4n) is 1.05. The van der Waals surface area contributed by atoms with Gasteiger partial charge in [0.05, 0.1) is 0 Å². The monoisotopic (exact) mass is 164 g/mol. The standard InChI is InChI=1S/C9H12N2O/c1-3-7-5-4-6-11-8(7)9(12)10-2/h4-6H,3H2,1-2H3,(H,10,12). The third-order valence-electron chi connectivity index (χ3n) is 1.71. The number of pyridine rings is 1. The summed E-state index contributed by atoms with van der Waals surface area (Å²) in [6, 6.07) is 3.75. The molecule has 3 heteroatoms. The molecule has 0 aromatic carbocycles. The Hall–Kier alpha value is -1.38. The Morgan fingerprint density at radius 2 is 2.42 bits per heavy atom. The minimum Gasteiger partial charge on any atom is -0.354 e. The number of carbonyl (C=O) groups is 1. The Bertz CT molecular complexity index is 284. The number of nitrogens with one attached hydrogen (secondary N) is 1. The van der Waals surface area contributed by atoms with Crippen molar-refractivity contribution in [1.29, 1.82) is 0 Å². The zero-order chi connectivity index (χ0) is 8.97. The van der Waals surface area contributed by atoms with Crippen molar-refractivity contribution in [3.8, 4) is 0 Å². The van der Waals surface area contributed by atoms with E-state index in [0.717, 1.165) is 12.0 Å². The van der Waals surface area contributed by atoms with E-state index in [1.807, 2.05) is 19.1 Å². The molecule has 0 fully saturated rings. The van der Waals surface area contributed by atoms with Gasteiger partial charge in [-0.3, -0.25) is 9.78 Å². The van der Waals surface area contributed by atoms with Crippen molar-refractivity contribution < 1.29 is 4.79 Å². The summed E-state index contributed by atoms with van der Waals surface area (Å²) in [5, 5.41) is 2.55. The van der Waals surface area contributed by atoms with E-state index >= 15 is 0 Å². The van der Waals surface area contributed by atoms with E-state index in [9.17, 15) is 4.79 Å². The highest BCUT2D eigenvalue weighted by molar-refractivity contribution is 5.93. The summed E-state index contributed by atoms with van der Waals surface area (Å²) >= 11 is 0. The lowest BCUT2D eigenvalue weighted by Crippen LogP contribution is -2.20. The number of hydrogen-bond acceptors (Lipinski definition) is 2. The average Bonchev–Trinajstić information content (AvgIpc) is 2.16. The van der Waals surface area contributed by atoms with Gasteiger partial charge in [0.2, 0.25) is 0 Å². The lowest BCUT2D eigenvalue weighted by atomic mass is 10.1. The molecule has 0 saturated heterocycles. The minimum atomic E-state index is -0.118. The topological polar surface area (TPSA) is 42.0 Å². The van der Waals surface area contributed by atoms with Gasteiger partial charge in [-0.05, 0) is 18.1 Å². The van der Waals surface area contributed by atoms with Crippen molar-refractivity contribution in [2.24, 2.45) is 0 Å². The van der Waals surface area contributed by atoms with Crippen molar-refractivity contribution in [3.63, 3.8) is 0 Å². The number of hydrogen-bond donors (Lipinski definition) is 1. The fraction of sp³-hybridized carbons (Fsp3) is 0.333. The summed E-state index contributed by atoms with van der Waals surface area (Å²) in [7, 11) is 1.61. The van der Waals surface area contributed by atoms with Crippen LogP contribution < -0.4 is 5.32 Å². The first-order valence-electron chi connectivity index (χ1n) is 3.95. The molecule has 0 radical (unpaired) electrons. The third kappa shape index (κ3) is 1.61. The van der Waals surface area contributed by atoms with E-state index in [-0.39, 0.29) is 5.91 Å². The Balaban J connectivity index is 3.04. The molecule has 1 amide bonds. The van der Waals surface area contributed by atoms with Gasteiger partial charge in [-0.1, -0.05) is 13.0 Å². The fourth-order valence-corrected chi connectivity index (χ4v) is 1.05. The van der Waals surface area contributed by atoms with Crippen LogP contribution in [0.1, 0.15) is 23.0 Å². The second-order valence-electron chi connectivity index (χ2n) is 2.44. The number of aryl methyl sites for hydroxylation is 1. The van der Waals surface area contributed by atoms with E-state index < -0.39 is 0 Å². The maximum atomic E-state index is 11.2. The smallest absolute Gasteiger partial charge is 0.269 e. The molecule has 3 nitrogen and oxygen atoms in total. The SMILES string of the molecule is CCc1cccnc1C(=O)NC. The first-order chi connectivity index (χ1) is 5.79. The first-order valence-corrected chi connectivity index (χ1v) is 3.95. The van der Waals surface area contributed by atoms with Gasteiger partial charge in [-0.25, -0.2) is 0 Å². The number of nitrogens with zero attached hydrogens (tertiary/aromatic N) is 1. The Kier molecular flexibility index (Phi) is 2.80. The van der Waals surface area contributed by atoms with Gasteiger partial charge in [-0.2, -0.15) is 0 Å². The molecule has 0 bridgehead atoms. The Labute approximate surface area is 71.8 Å². The van der Waals surface area contributed by atoms with E-state index in [1.54, 1.807) is 13.2 Å². The van der Waals surface area contributed by atoms with Crippen LogP contribution in [-0.4, -0.2) is 17.9 Å². The molecule has 0 aliphatic carbocycles. The number of rotatable bonds is 2. The molecule has 1 aromatic heterocycles. The summed E-state index contributed by atoms with van der Waals surface area (Å²) in [5.74, 6) is -0.118. The van der Waals surface area contributed by atoms with Crippen molar-refractivity contribution in [2.45, 2.75) is 13.3 Å². The normalized spacial score (nSPS) is 9.50. The van der Waals surface area contributed by atoms with Crippen LogP contribution >= 0.6 is 0 Å². The lowest BCUT2D eigenvalue weighted by molar-refractivity contribution is 0.0957. The molecule has 0 saturated carbocycles. The highest BCUT2D eigenvalue weighted by Crippen LogP contribution is 2.04. The van der Waals surface area contributed by atoms with Crippen molar-refractivity contribution in [3.05, 3.63) is 29.6 Å². The van der Waals surface area contributed by atoms with Crippen LogP contribution in [0.15, 0.2) is 18.3 Å². The van der Waals surface area contributed by atoms with Gasteiger partial charge < -0.3 is 5.32 Å². The molecule has 64 valence electrons. The van der Waals surface area contributed by atoms with Crippen molar-refractivity contribution in [2.75, 3.05) is 7.05 Å². The van der Waals surface area contributed by atoms with E-state index in [0.29, 0.717) is 5.69 Å². The summed E-state index contributed by atoms with van der Waals surface area (Å²) in [6.45, 7) is 2.00. The second kappa shape index (κ2) is 3.85. The highest BCUT2D eigenvalue weighted by Gasteiger charge is 2.08. The average molecular weight is 164 g/mol. The lowest BCUT2D eigenvalue weighted by Gasteiger charge is -2.03. The molecule has 1 heterocycles. The zero-order valence-corrected chi connectivity index (χ0v) is 7.29. The molecule has 0 aliphatic heterocycles. The molecule has 0 unspecified atom stereocenters. The Morgan fingerprint density at radius 1 is 1.67 bits per heavy atom. The van der Waals surface area contributed by atoms with E-state index in [1.165, 1.54) is 0 Å². The van der Waals surface area contributed by atoms with E-state index in [2.05, 4.69) is 10.3 Å². The Morgan fingerprint density at radius 3 is 3.00 bits per heavy atom. The van der Waals surface area contributed by atoms with Crippen LogP contribution in [-0.2, 0) is 6.42 Å². The van der Waals surface area contributed by atoms with Gasteiger partial charge >= 0.3 is 0 Å². The predicted octanol–water partition coefficient (Wildman–Crippen LogP) is 1.00. The van der Waals surface area contributed by atoms with Gasteiger partial charge in [0.15, 0.2) is 0 Å².